The highest BCUT2D eigenvalue weighted by Crippen LogP contribution is 2.19. The van der Waals surface area contributed by atoms with Gasteiger partial charge in [0.25, 0.3) is 5.91 Å². The van der Waals surface area contributed by atoms with Crippen molar-refractivity contribution in [2.24, 2.45) is 5.10 Å². The summed E-state index contributed by atoms with van der Waals surface area (Å²) in [5.74, 6) is -0.159. The van der Waals surface area contributed by atoms with E-state index in [1.165, 1.54) is 17.7 Å². The Bertz CT molecular complexity index is 554. The molecule has 0 saturated carbocycles. The zero-order valence-corrected chi connectivity index (χ0v) is 10.8. The van der Waals surface area contributed by atoms with Crippen LogP contribution >= 0.6 is 0 Å². The van der Waals surface area contributed by atoms with Crippen molar-refractivity contribution in [1.29, 1.82) is 0 Å². The fraction of sp³-hybridized carbons (Fsp3) is 0.200. The molecule has 0 saturated heterocycles. The summed E-state index contributed by atoms with van der Waals surface area (Å²) in [6.45, 7) is 2.12. The number of nitrogens with one attached hydrogen (secondary N) is 1. The molecule has 0 fully saturated rings. The van der Waals surface area contributed by atoms with E-state index in [0.29, 0.717) is 5.56 Å². The van der Waals surface area contributed by atoms with E-state index in [1.54, 1.807) is 18.3 Å². The summed E-state index contributed by atoms with van der Waals surface area (Å²) in [7, 11) is 0. The molecule has 0 aromatic heterocycles. The number of phenolic OH excluding ortho intramolecular Hbond substituents is 1. The van der Waals surface area contributed by atoms with Crippen LogP contribution in [0, 0.1) is 0 Å². The Morgan fingerprint density at radius 1 is 1.37 bits per heavy atom. The van der Waals surface area contributed by atoms with Crippen LogP contribution in [0.5, 0.6) is 5.75 Å². The van der Waals surface area contributed by atoms with Crippen LogP contribution in [0.25, 0.3) is 0 Å². The van der Waals surface area contributed by atoms with Gasteiger partial charge in [-0.05, 0) is 42.7 Å². The Kier molecular flexibility index (Phi) is 4.13. The molecule has 19 heavy (non-hydrogen) atoms. The lowest BCUT2D eigenvalue weighted by Crippen LogP contribution is -2.17. The van der Waals surface area contributed by atoms with E-state index in [4.69, 9.17) is 5.11 Å². The standard InChI is InChI=1S/C15H16N2O2/c1-2-11-3-4-12(9-11)10-16-17-15(19)13-5-7-14(18)8-6-13/h3-8,10,18H,2,9H2,1H3,(H,17,19). The monoisotopic (exact) mass is 256 g/mol. The molecule has 1 aromatic carbocycles. The first kappa shape index (κ1) is 13.1. The van der Waals surface area contributed by atoms with Gasteiger partial charge in [0.2, 0.25) is 0 Å². The average Bonchev–Trinajstić information content (AvgIpc) is 2.87. The number of phenols is 1. The number of amides is 1. The second-order valence-electron chi connectivity index (χ2n) is 4.34. The number of rotatable bonds is 4. The number of hydrogen-bond donors (Lipinski definition) is 2. The number of carbonyl (C=O) groups is 1. The summed E-state index contributed by atoms with van der Waals surface area (Å²) in [5, 5.41) is 13.1. The van der Waals surface area contributed by atoms with Crippen molar-refractivity contribution in [1.82, 2.24) is 5.43 Å². The highest BCUT2D eigenvalue weighted by molar-refractivity contribution is 5.95. The third kappa shape index (κ3) is 3.55. The number of carbonyl (C=O) groups excluding carboxylic acids is 1. The zero-order valence-electron chi connectivity index (χ0n) is 10.8. The van der Waals surface area contributed by atoms with E-state index < -0.39 is 0 Å². The molecule has 0 atom stereocenters. The molecule has 4 heteroatoms. The Morgan fingerprint density at radius 3 is 2.74 bits per heavy atom. The molecular formula is C15H16N2O2. The molecule has 0 radical (unpaired) electrons. The molecule has 0 heterocycles. The van der Waals surface area contributed by atoms with Crippen LogP contribution in [0.2, 0.25) is 0 Å². The molecular weight excluding hydrogens is 240 g/mol. The van der Waals surface area contributed by atoms with Crippen LogP contribution in [0.15, 0.2) is 52.7 Å². The van der Waals surface area contributed by atoms with Gasteiger partial charge in [-0.2, -0.15) is 5.10 Å². The van der Waals surface area contributed by atoms with Crippen LogP contribution in [0.4, 0.5) is 0 Å². The minimum absolute atomic E-state index is 0.134. The van der Waals surface area contributed by atoms with Gasteiger partial charge in [-0.1, -0.05) is 24.6 Å². The van der Waals surface area contributed by atoms with E-state index in [-0.39, 0.29) is 11.7 Å². The van der Waals surface area contributed by atoms with Crippen molar-refractivity contribution in [3.63, 3.8) is 0 Å². The van der Waals surface area contributed by atoms with Gasteiger partial charge in [0.1, 0.15) is 5.75 Å². The van der Waals surface area contributed by atoms with Crippen molar-refractivity contribution in [2.45, 2.75) is 19.8 Å². The number of nitrogens with zero attached hydrogens (tertiary/aromatic N) is 1. The minimum Gasteiger partial charge on any atom is -0.508 e. The summed E-state index contributed by atoms with van der Waals surface area (Å²) < 4.78 is 0. The van der Waals surface area contributed by atoms with Gasteiger partial charge in [0.05, 0.1) is 6.21 Å². The van der Waals surface area contributed by atoms with Gasteiger partial charge >= 0.3 is 0 Å². The number of benzene rings is 1. The number of allylic oxidation sites excluding steroid dienone is 4. The SMILES string of the molecule is CCC1=CC=C(C=NNC(=O)c2ccc(O)cc2)C1. The van der Waals surface area contributed by atoms with Gasteiger partial charge in [-0.3, -0.25) is 4.79 Å². The number of aromatic hydroxyl groups is 1. The van der Waals surface area contributed by atoms with Crippen molar-refractivity contribution in [3.8, 4) is 5.75 Å². The first-order valence-corrected chi connectivity index (χ1v) is 6.20. The maximum atomic E-state index is 11.7. The lowest BCUT2D eigenvalue weighted by Gasteiger charge is -2.00. The third-order valence-corrected chi connectivity index (χ3v) is 2.94. The molecule has 1 aliphatic carbocycles. The predicted octanol–water partition coefficient (Wildman–Crippen LogP) is 2.77. The molecule has 1 aliphatic rings. The molecule has 0 spiro atoms. The first-order chi connectivity index (χ1) is 9.19. The Labute approximate surface area is 112 Å². The Morgan fingerprint density at radius 2 is 2.11 bits per heavy atom. The molecule has 1 amide bonds. The van der Waals surface area contributed by atoms with Crippen molar-refractivity contribution in [3.05, 3.63) is 53.1 Å². The maximum absolute atomic E-state index is 11.7. The molecule has 98 valence electrons. The van der Waals surface area contributed by atoms with Crippen molar-refractivity contribution >= 4 is 12.1 Å². The number of hydrazone groups is 1. The molecule has 1 aromatic rings. The van der Waals surface area contributed by atoms with Gasteiger partial charge in [-0.25, -0.2) is 5.43 Å². The van der Waals surface area contributed by atoms with Crippen LogP contribution in [0.1, 0.15) is 30.1 Å². The fourth-order valence-electron chi connectivity index (χ4n) is 1.79. The zero-order chi connectivity index (χ0) is 13.7. The van der Waals surface area contributed by atoms with Crippen LogP contribution in [-0.4, -0.2) is 17.2 Å². The van der Waals surface area contributed by atoms with Gasteiger partial charge < -0.3 is 5.11 Å². The molecule has 0 bridgehead atoms. The largest absolute Gasteiger partial charge is 0.508 e. The Hall–Kier alpha value is -2.36. The summed E-state index contributed by atoms with van der Waals surface area (Å²) in [6, 6.07) is 6.03. The molecule has 0 aliphatic heterocycles. The Balaban J connectivity index is 1.86. The minimum atomic E-state index is -0.293. The first-order valence-electron chi connectivity index (χ1n) is 6.20. The average molecular weight is 256 g/mol. The topological polar surface area (TPSA) is 61.7 Å². The molecule has 4 nitrogen and oxygen atoms in total. The quantitative estimate of drug-likeness (QED) is 0.642. The van der Waals surface area contributed by atoms with Gasteiger partial charge in [0.15, 0.2) is 0 Å². The summed E-state index contributed by atoms with van der Waals surface area (Å²) in [5.41, 5.74) is 5.38. The van der Waals surface area contributed by atoms with E-state index >= 15 is 0 Å². The lowest BCUT2D eigenvalue weighted by molar-refractivity contribution is 0.0955. The second-order valence-corrected chi connectivity index (χ2v) is 4.34. The normalized spacial score (nSPS) is 14.4. The fourth-order valence-corrected chi connectivity index (χ4v) is 1.79. The van der Waals surface area contributed by atoms with Gasteiger partial charge in [-0.15, -0.1) is 0 Å². The van der Waals surface area contributed by atoms with Gasteiger partial charge in [0, 0.05) is 5.56 Å². The highest BCUT2D eigenvalue weighted by Gasteiger charge is 2.05. The van der Waals surface area contributed by atoms with Crippen molar-refractivity contribution < 1.29 is 9.90 Å². The maximum Gasteiger partial charge on any atom is 0.271 e. The summed E-state index contributed by atoms with van der Waals surface area (Å²) >= 11 is 0. The molecule has 2 N–H and O–H groups in total. The van der Waals surface area contributed by atoms with E-state index in [2.05, 4.69) is 23.5 Å². The van der Waals surface area contributed by atoms with Crippen LogP contribution in [-0.2, 0) is 0 Å². The van der Waals surface area contributed by atoms with E-state index in [9.17, 15) is 4.79 Å². The second kappa shape index (κ2) is 6.00. The summed E-state index contributed by atoms with van der Waals surface area (Å²) in [4.78, 5) is 11.7. The van der Waals surface area contributed by atoms with Crippen LogP contribution in [0.3, 0.4) is 0 Å². The van der Waals surface area contributed by atoms with E-state index in [0.717, 1.165) is 18.4 Å². The number of hydrogen-bond acceptors (Lipinski definition) is 3. The van der Waals surface area contributed by atoms with E-state index in [1.807, 2.05) is 6.08 Å². The third-order valence-electron chi connectivity index (χ3n) is 2.94. The highest BCUT2D eigenvalue weighted by atomic mass is 16.3. The van der Waals surface area contributed by atoms with Crippen molar-refractivity contribution in [2.75, 3.05) is 0 Å². The molecule has 0 unspecified atom stereocenters. The van der Waals surface area contributed by atoms with Crippen LogP contribution < -0.4 is 5.43 Å². The smallest absolute Gasteiger partial charge is 0.271 e. The summed E-state index contributed by atoms with van der Waals surface area (Å²) in [6.07, 6.45) is 7.69. The molecule has 2 rings (SSSR count). The lowest BCUT2D eigenvalue weighted by atomic mass is 10.1. The predicted molar refractivity (Wildman–Crippen MR) is 75.1 cm³/mol.